The summed E-state index contributed by atoms with van der Waals surface area (Å²) < 4.78 is 38.2. The highest BCUT2D eigenvalue weighted by atomic mass is 19.4. The average Bonchev–Trinajstić information content (AvgIpc) is 2.72. The van der Waals surface area contributed by atoms with E-state index in [0.717, 1.165) is 36.2 Å². The van der Waals surface area contributed by atoms with Gasteiger partial charge in [0, 0.05) is 0 Å². The summed E-state index contributed by atoms with van der Waals surface area (Å²) in [7, 11) is 0. The van der Waals surface area contributed by atoms with Crippen LogP contribution in [0.15, 0.2) is 36.4 Å². The Bertz CT molecular complexity index is 612. The molecule has 0 unspecified atom stereocenters. The van der Waals surface area contributed by atoms with E-state index in [9.17, 15) is 13.2 Å². The number of rotatable bonds is 7. The van der Waals surface area contributed by atoms with Crippen molar-refractivity contribution in [2.45, 2.75) is 96.1 Å². The van der Waals surface area contributed by atoms with Crippen LogP contribution < -0.4 is 0 Å². The molecule has 0 spiro atoms. The fourth-order valence-electron chi connectivity index (χ4n) is 5.43. The van der Waals surface area contributed by atoms with Gasteiger partial charge in [-0.1, -0.05) is 44.1 Å². The molecular weight excluding hydrogens is 369 g/mol. The topological polar surface area (TPSA) is 0 Å². The zero-order valence-electron chi connectivity index (χ0n) is 17.9. The lowest BCUT2D eigenvalue weighted by Gasteiger charge is -2.29. The van der Waals surface area contributed by atoms with Crippen LogP contribution in [-0.4, -0.2) is 0 Å². The molecule has 162 valence electrons. The van der Waals surface area contributed by atoms with Crippen molar-refractivity contribution in [2.24, 2.45) is 17.8 Å². The van der Waals surface area contributed by atoms with Crippen LogP contribution in [0.2, 0.25) is 0 Å². The van der Waals surface area contributed by atoms with E-state index < -0.39 is 11.7 Å². The molecule has 0 radical (unpaired) electrons. The Kier molecular flexibility index (Phi) is 8.26. The molecule has 0 aromatic heterocycles. The van der Waals surface area contributed by atoms with Crippen LogP contribution >= 0.6 is 0 Å². The van der Waals surface area contributed by atoms with Crippen molar-refractivity contribution in [1.29, 1.82) is 0 Å². The van der Waals surface area contributed by atoms with Gasteiger partial charge in [0.15, 0.2) is 0 Å². The van der Waals surface area contributed by atoms with Crippen molar-refractivity contribution in [3.05, 3.63) is 47.5 Å². The van der Waals surface area contributed by atoms with Crippen molar-refractivity contribution in [3.63, 3.8) is 0 Å². The normalized spacial score (nSPS) is 28.7. The lowest BCUT2D eigenvalue weighted by Crippen LogP contribution is -2.14. The molecule has 0 amide bonds. The Hall–Kier alpha value is -1.25. The van der Waals surface area contributed by atoms with E-state index in [1.54, 1.807) is 12.1 Å². The van der Waals surface area contributed by atoms with Gasteiger partial charge in [-0.3, -0.25) is 0 Å². The molecule has 0 saturated heterocycles. The average molecular weight is 407 g/mol. The van der Waals surface area contributed by atoms with E-state index in [2.05, 4.69) is 19.1 Å². The Morgan fingerprint density at radius 2 is 1.41 bits per heavy atom. The molecule has 1 aromatic carbocycles. The summed E-state index contributed by atoms with van der Waals surface area (Å²) in [5.41, 5.74) is 0.538. The van der Waals surface area contributed by atoms with Gasteiger partial charge in [-0.15, -0.1) is 0 Å². The van der Waals surface area contributed by atoms with Crippen LogP contribution in [0.25, 0.3) is 0 Å². The van der Waals surface area contributed by atoms with Crippen LogP contribution in [0.3, 0.4) is 0 Å². The molecule has 29 heavy (non-hydrogen) atoms. The molecule has 0 atom stereocenters. The summed E-state index contributed by atoms with van der Waals surface area (Å²) in [5.74, 6) is 3.00. The van der Waals surface area contributed by atoms with Crippen LogP contribution in [0.4, 0.5) is 13.2 Å². The molecule has 0 N–H and O–H groups in total. The van der Waals surface area contributed by atoms with Gasteiger partial charge in [-0.05, 0) is 106 Å². The third-order valence-corrected chi connectivity index (χ3v) is 7.29. The highest BCUT2D eigenvalue weighted by Crippen LogP contribution is 2.39. The standard InChI is InChI=1S/C26H37F3/c1-2-5-20-8-10-21(11-9-20)6-3-4-7-22-12-14-23(15-13-22)24-16-18-25(19-17-24)26(27,28)29/h3,6,16-23H,2,4-5,7-15H2,1H3/b6-3+. The smallest absolute Gasteiger partial charge is 0.166 e. The summed E-state index contributed by atoms with van der Waals surface area (Å²) in [6.45, 7) is 2.29. The van der Waals surface area contributed by atoms with Gasteiger partial charge in [0.05, 0.1) is 5.56 Å². The molecule has 1 aromatic rings. The van der Waals surface area contributed by atoms with Crippen molar-refractivity contribution >= 4 is 0 Å². The second-order valence-corrected chi connectivity index (χ2v) is 9.41. The fourth-order valence-corrected chi connectivity index (χ4v) is 5.43. The first-order valence-electron chi connectivity index (χ1n) is 11.8. The molecule has 3 rings (SSSR count). The summed E-state index contributed by atoms with van der Waals surface area (Å²) in [4.78, 5) is 0. The Morgan fingerprint density at radius 1 is 0.828 bits per heavy atom. The molecule has 0 heterocycles. The van der Waals surface area contributed by atoms with E-state index in [1.165, 1.54) is 76.3 Å². The summed E-state index contributed by atoms with van der Waals surface area (Å²) in [5, 5.41) is 0. The Labute approximate surface area is 175 Å². The maximum atomic E-state index is 12.7. The van der Waals surface area contributed by atoms with E-state index >= 15 is 0 Å². The van der Waals surface area contributed by atoms with Gasteiger partial charge in [-0.25, -0.2) is 0 Å². The van der Waals surface area contributed by atoms with Crippen molar-refractivity contribution in [1.82, 2.24) is 0 Å². The third kappa shape index (κ3) is 6.89. The van der Waals surface area contributed by atoms with Crippen molar-refractivity contribution < 1.29 is 13.2 Å². The van der Waals surface area contributed by atoms with E-state index in [-0.39, 0.29) is 0 Å². The van der Waals surface area contributed by atoms with Crippen molar-refractivity contribution in [3.8, 4) is 0 Å². The number of hydrogen-bond donors (Lipinski definition) is 0. The highest BCUT2D eigenvalue weighted by Gasteiger charge is 2.30. The minimum Gasteiger partial charge on any atom is -0.166 e. The van der Waals surface area contributed by atoms with E-state index in [0.29, 0.717) is 5.92 Å². The maximum absolute atomic E-state index is 12.7. The predicted octanol–water partition coefficient (Wildman–Crippen LogP) is 8.92. The van der Waals surface area contributed by atoms with Crippen molar-refractivity contribution in [2.75, 3.05) is 0 Å². The minimum atomic E-state index is -4.24. The lowest BCUT2D eigenvalue weighted by atomic mass is 9.77. The Balaban J connectivity index is 1.34. The molecule has 0 aliphatic heterocycles. The minimum absolute atomic E-state index is 0.433. The molecule has 3 heteroatoms. The number of alkyl halides is 3. The largest absolute Gasteiger partial charge is 0.416 e. The summed E-state index contributed by atoms with van der Waals surface area (Å²) in [6.07, 6.45) is 16.1. The predicted molar refractivity (Wildman–Crippen MR) is 115 cm³/mol. The molecule has 2 fully saturated rings. The first kappa shape index (κ1) is 22.4. The second kappa shape index (κ2) is 10.7. The zero-order chi connectivity index (χ0) is 20.7. The molecule has 2 aliphatic rings. The van der Waals surface area contributed by atoms with Gasteiger partial charge in [-0.2, -0.15) is 13.2 Å². The maximum Gasteiger partial charge on any atom is 0.416 e. The summed E-state index contributed by atoms with van der Waals surface area (Å²) in [6, 6.07) is 5.85. The summed E-state index contributed by atoms with van der Waals surface area (Å²) >= 11 is 0. The van der Waals surface area contributed by atoms with Gasteiger partial charge >= 0.3 is 6.18 Å². The van der Waals surface area contributed by atoms with E-state index in [4.69, 9.17) is 0 Å². The van der Waals surface area contributed by atoms with Gasteiger partial charge < -0.3 is 0 Å². The quantitative estimate of drug-likeness (QED) is 0.396. The van der Waals surface area contributed by atoms with E-state index in [1.807, 2.05) is 0 Å². The van der Waals surface area contributed by atoms with Gasteiger partial charge in [0.1, 0.15) is 0 Å². The van der Waals surface area contributed by atoms with Crippen LogP contribution in [0.1, 0.15) is 101 Å². The third-order valence-electron chi connectivity index (χ3n) is 7.29. The number of hydrogen-bond acceptors (Lipinski definition) is 0. The monoisotopic (exact) mass is 406 g/mol. The lowest BCUT2D eigenvalue weighted by molar-refractivity contribution is -0.137. The zero-order valence-corrected chi connectivity index (χ0v) is 17.9. The van der Waals surface area contributed by atoms with Gasteiger partial charge in [0.2, 0.25) is 0 Å². The first-order chi connectivity index (χ1) is 14.0. The molecule has 2 aliphatic carbocycles. The molecule has 2 saturated carbocycles. The fraction of sp³-hybridized carbons (Fsp3) is 0.692. The number of benzene rings is 1. The molecule has 0 bridgehead atoms. The second-order valence-electron chi connectivity index (χ2n) is 9.41. The SMILES string of the molecule is CCCC1CCC(/C=C/CCC2CCC(c3ccc(C(F)(F)F)cc3)CC2)CC1. The Morgan fingerprint density at radius 3 is 2.00 bits per heavy atom. The molecule has 0 nitrogen and oxygen atoms in total. The van der Waals surface area contributed by atoms with Crippen LogP contribution in [-0.2, 0) is 6.18 Å². The number of allylic oxidation sites excluding steroid dienone is 2. The molecular formula is C26H37F3. The highest BCUT2D eigenvalue weighted by molar-refractivity contribution is 5.27. The van der Waals surface area contributed by atoms with Gasteiger partial charge in [0.25, 0.3) is 0 Å². The van der Waals surface area contributed by atoms with Crippen LogP contribution in [0, 0.1) is 17.8 Å². The number of halogens is 3. The van der Waals surface area contributed by atoms with Crippen LogP contribution in [0.5, 0.6) is 0 Å². The first-order valence-corrected chi connectivity index (χ1v) is 11.8.